The smallest absolute Gasteiger partial charge is 0.211 e. The Labute approximate surface area is 98.4 Å². The molecule has 0 aliphatic rings. The maximum Gasteiger partial charge on any atom is 0.240 e. The Bertz CT molecular complexity index is 601. The fourth-order valence-corrected chi connectivity index (χ4v) is 1.58. The van der Waals surface area contributed by atoms with Crippen molar-refractivity contribution in [1.29, 1.82) is 0 Å². The Kier molecular flexibility index (Phi) is 3.12. The van der Waals surface area contributed by atoms with Gasteiger partial charge in [0.05, 0.1) is 5.69 Å². The van der Waals surface area contributed by atoms with Gasteiger partial charge < -0.3 is 0 Å². The van der Waals surface area contributed by atoms with E-state index in [1.54, 1.807) is 31.2 Å². The minimum absolute atomic E-state index is 0.244. The lowest BCUT2D eigenvalue weighted by molar-refractivity contribution is 0.565. The highest BCUT2D eigenvalue weighted by molar-refractivity contribution is 5.68. The minimum Gasteiger partial charge on any atom is -0.211 e. The molecule has 0 saturated heterocycles. The molecule has 0 bridgehead atoms. The molecular formula is C14H10FNO. The van der Waals surface area contributed by atoms with Crippen molar-refractivity contribution < 1.29 is 9.18 Å². The van der Waals surface area contributed by atoms with E-state index in [0.717, 1.165) is 11.1 Å². The highest BCUT2D eigenvalue weighted by Gasteiger charge is 2.02. The SMILES string of the molecule is Cc1ccc(-c2cccc(N=C=O)c2)cc1F. The molecule has 0 atom stereocenters. The van der Waals surface area contributed by atoms with E-state index in [0.29, 0.717) is 11.3 Å². The number of isocyanates is 1. The highest BCUT2D eigenvalue weighted by atomic mass is 19.1. The van der Waals surface area contributed by atoms with Gasteiger partial charge in [0.15, 0.2) is 0 Å². The molecule has 2 rings (SSSR count). The van der Waals surface area contributed by atoms with E-state index in [2.05, 4.69) is 4.99 Å². The van der Waals surface area contributed by atoms with Crippen molar-refractivity contribution in [1.82, 2.24) is 0 Å². The number of nitrogens with zero attached hydrogens (tertiary/aromatic N) is 1. The summed E-state index contributed by atoms with van der Waals surface area (Å²) in [6.07, 6.45) is 1.48. The Morgan fingerprint density at radius 2 is 1.88 bits per heavy atom. The highest BCUT2D eigenvalue weighted by Crippen LogP contribution is 2.25. The second-order valence-corrected chi connectivity index (χ2v) is 3.72. The first-order valence-electron chi connectivity index (χ1n) is 5.15. The van der Waals surface area contributed by atoms with Crippen LogP contribution in [0.2, 0.25) is 0 Å². The van der Waals surface area contributed by atoms with Gasteiger partial charge in [0.1, 0.15) is 5.82 Å². The summed E-state index contributed by atoms with van der Waals surface area (Å²) in [6, 6.07) is 12.0. The van der Waals surface area contributed by atoms with Gasteiger partial charge in [-0.25, -0.2) is 9.18 Å². The van der Waals surface area contributed by atoms with E-state index >= 15 is 0 Å². The molecule has 2 aromatic rings. The second-order valence-electron chi connectivity index (χ2n) is 3.72. The molecule has 0 aromatic heterocycles. The Morgan fingerprint density at radius 3 is 2.59 bits per heavy atom. The van der Waals surface area contributed by atoms with Gasteiger partial charge in [-0.15, -0.1) is 0 Å². The van der Waals surface area contributed by atoms with Crippen molar-refractivity contribution in [3.8, 4) is 11.1 Å². The number of aliphatic imine (C=N–C) groups is 1. The number of aryl methyl sites for hydroxylation is 1. The third-order valence-electron chi connectivity index (χ3n) is 2.53. The average Bonchev–Trinajstić information content (AvgIpc) is 2.33. The van der Waals surface area contributed by atoms with Crippen molar-refractivity contribution in [2.24, 2.45) is 4.99 Å². The number of carbonyl (C=O) groups excluding carboxylic acids is 1. The topological polar surface area (TPSA) is 29.4 Å². The van der Waals surface area contributed by atoms with Crippen LogP contribution in [-0.4, -0.2) is 6.08 Å². The summed E-state index contributed by atoms with van der Waals surface area (Å²) in [6.45, 7) is 1.71. The van der Waals surface area contributed by atoms with Crippen LogP contribution >= 0.6 is 0 Å². The van der Waals surface area contributed by atoms with Crippen LogP contribution in [-0.2, 0) is 4.79 Å². The molecule has 2 aromatic carbocycles. The molecule has 0 unspecified atom stereocenters. The van der Waals surface area contributed by atoms with E-state index in [-0.39, 0.29) is 5.82 Å². The molecule has 0 aliphatic carbocycles. The lowest BCUT2D eigenvalue weighted by atomic mass is 10.0. The number of rotatable bonds is 2. The van der Waals surface area contributed by atoms with Crippen LogP contribution in [0.4, 0.5) is 10.1 Å². The fraction of sp³-hybridized carbons (Fsp3) is 0.0714. The number of halogens is 1. The molecule has 84 valence electrons. The molecular weight excluding hydrogens is 217 g/mol. The largest absolute Gasteiger partial charge is 0.240 e. The Morgan fingerprint density at radius 1 is 1.12 bits per heavy atom. The third kappa shape index (κ3) is 2.47. The Balaban J connectivity index is 2.48. The zero-order chi connectivity index (χ0) is 12.3. The zero-order valence-electron chi connectivity index (χ0n) is 9.27. The zero-order valence-corrected chi connectivity index (χ0v) is 9.27. The van der Waals surface area contributed by atoms with Crippen molar-refractivity contribution in [3.63, 3.8) is 0 Å². The number of hydrogen-bond acceptors (Lipinski definition) is 2. The monoisotopic (exact) mass is 227 g/mol. The van der Waals surface area contributed by atoms with Gasteiger partial charge in [0.25, 0.3) is 0 Å². The normalized spacial score (nSPS) is 9.76. The van der Waals surface area contributed by atoms with Gasteiger partial charge in [-0.1, -0.05) is 24.3 Å². The van der Waals surface area contributed by atoms with Gasteiger partial charge in [-0.3, -0.25) is 0 Å². The second kappa shape index (κ2) is 4.73. The van der Waals surface area contributed by atoms with Crippen molar-refractivity contribution in [3.05, 3.63) is 53.8 Å². The van der Waals surface area contributed by atoms with E-state index < -0.39 is 0 Å². The van der Waals surface area contributed by atoms with Crippen LogP contribution in [0.15, 0.2) is 47.5 Å². The fourth-order valence-electron chi connectivity index (χ4n) is 1.58. The number of hydrogen-bond donors (Lipinski definition) is 0. The van der Waals surface area contributed by atoms with Crippen molar-refractivity contribution in [2.45, 2.75) is 6.92 Å². The minimum atomic E-state index is -0.244. The summed E-state index contributed by atoms with van der Waals surface area (Å²) in [7, 11) is 0. The van der Waals surface area contributed by atoms with Crippen LogP contribution in [0.5, 0.6) is 0 Å². The molecule has 0 radical (unpaired) electrons. The first-order chi connectivity index (χ1) is 8.20. The molecule has 0 N–H and O–H groups in total. The molecule has 0 saturated carbocycles. The van der Waals surface area contributed by atoms with Gasteiger partial charge in [-0.2, -0.15) is 4.99 Å². The number of benzene rings is 2. The summed E-state index contributed by atoms with van der Waals surface area (Å²) in [5, 5.41) is 0. The van der Waals surface area contributed by atoms with Crippen molar-refractivity contribution in [2.75, 3.05) is 0 Å². The third-order valence-corrected chi connectivity index (χ3v) is 2.53. The molecule has 0 amide bonds. The van der Waals surface area contributed by atoms with Crippen LogP contribution in [0.25, 0.3) is 11.1 Å². The molecule has 0 fully saturated rings. The van der Waals surface area contributed by atoms with Gasteiger partial charge >= 0.3 is 0 Å². The van der Waals surface area contributed by atoms with E-state index in [1.807, 2.05) is 12.1 Å². The van der Waals surface area contributed by atoms with E-state index in [9.17, 15) is 9.18 Å². The van der Waals surface area contributed by atoms with Crippen LogP contribution < -0.4 is 0 Å². The summed E-state index contributed by atoms with van der Waals surface area (Å²) >= 11 is 0. The van der Waals surface area contributed by atoms with Crippen molar-refractivity contribution >= 4 is 11.8 Å². The maximum absolute atomic E-state index is 13.4. The van der Waals surface area contributed by atoms with Crippen LogP contribution in [0.1, 0.15) is 5.56 Å². The molecule has 2 nitrogen and oxygen atoms in total. The molecule has 0 heterocycles. The summed E-state index contributed by atoms with van der Waals surface area (Å²) in [4.78, 5) is 13.7. The van der Waals surface area contributed by atoms with Gasteiger partial charge in [0, 0.05) is 0 Å². The quantitative estimate of drug-likeness (QED) is 0.567. The van der Waals surface area contributed by atoms with Crippen LogP contribution in [0.3, 0.4) is 0 Å². The predicted molar refractivity (Wildman–Crippen MR) is 64.4 cm³/mol. The average molecular weight is 227 g/mol. The predicted octanol–water partition coefficient (Wildman–Crippen LogP) is 3.77. The lowest BCUT2D eigenvalue weighted by Crippen LogP contribution is -1.84. The summed E-state index contributed by atoms with van der Waals surface area (Å²) in [5.41, 5.74) is 2.70. The first kappa shape index (κ1) is 11.2. The van der Waals surface area contributed by atoms with E-state index in [1.165, 1.54) is 12.1 Å². The summed E-state index contributed by atoms with van der Waals surface area (Å²) in [5.74, 6) is -0.244. The standard InChI is InChI=1S/C14H10FNO/c1-10-5-6-12(8-14(10)15)11-3-2-4-13(7-11)16-9-17/h2-8H,1H3. The molecule has 17 heavy (non-hydrogen) atoms. The maximum atomic E-state index is 13.4. The molecule has 0 aliphatic heterocycles. The Hall–Kier alpha value is -2.25. The van der Waals surface area contributed by atoms with Gasteiger partial charge in [0.2, 0.25) is 6.08 Å². The van der Waals surface area contributed by atoms with Crippen LogP contribution in [0, 0.1) is 12.7 Å². The lowest BCUT2D eigenvalue weighted by Gasteiger charge is -2.04. The van der Waals surface area contributed by atoms with E-state index in [4.69, 9.17) is 0 Å². The molecule has 3 heteroatoms. The summed E-state index contributed by atoms with van der Waals surface area (Å²) < 4.78 is 13.4. The molecule has 0 spiro atoms. The first-order valence-corrected chi connectivity index (χ1v) is 5.15. The van der Waals surface area contributed by atoms with Gasteiger partial charge in [-0.05, 0) is 41.8 Å².